The Hall–Kier alpha value is -3.60. The van der Waals surface area contributed by atoms with Crippen molar-refractivity contribution in [3.8, 4) is 44.9 Å². The Morgan fingerprint density at radius 3 is 1.76 bits per heavy atom. The van der Waals surface area contributed by atoms with Crippen molar-refractivity contribution >= 4 is 0 Å². The van der Waals surface area contributed by atoms with Gasteiger partial charge in [0.05, 0.1) is 12.2 Å². The number of aliphatic hydroxyl groups excluding tert-OH is 2. The summed E-state index contributed by atoms with van der Waals surface area (Å²) in [5.41, 5.74) is 9.91. The van der Waals surface area contributed by atoms with Crippen molar-refractivity contribution in [2.45, 2.75) is 45.3 Å². The van der Waals surface area contributed by atoms with Crippen LogP contribution in [-0.4, -0.2) is 35.6 Å². The molecule has 0 saturated carbocycles. The zero-order chi connectivity index (χ0) is 25.8. The lowest BCUT2D eigenvalue weighted by Crippen LogP contribution is -2.15. The SMILES string of the molecule is CCC(O)COc1ccc(-c2ccc3c(c2-c2ccc(OCC(O)CC)cc2)Cc2ccccc2-3)cc1. The molecule has 5 rings (SSSR count). The molecule has 2 atom stereocenters. The molecule has 0 bridgehead atoms. The van der Waals surface area contributed by atoms with Crippen LogP contribution in [0.2, 0.25) is 0 Å². The van der Waals surface area contributed by atoms with E-state index in [9.17, 15) is 10.2 Å². The van der Waals surface area contributed by atoms with E-state index >= 15 is 0 Å². The number of ether oxygens (including phenoxy) is 2. The summed E-state index contributed by atoms with van der Waals surface area (Å²) < 4.78 is 11.5. The summed E-state index contributed by atoms with van der Waals surface area (Å²) in [5.74, 6) is 1.51. The Morgan fingerprint density at radius 2 is 1.16 bits per heavy atom. The Bertz CT molecular complexity index is 1340. The molecule has 0 saturated heterocycles. The minimum Gasteiger partial charge on any atom is -0.491 e. The Labute approximate surface area is 219 Å². The van der Waals surface area contributed by atoms with Gasteiger partial charge in [-0.25, -0.2) is 0 Å². The lowest BCUT2D eigenvalue weighted by atomic mass is 9.88. The van der Waals surface area contributed by atoms with Gasteiger partial charge in [0.15, 0.2) is 0 Å². The molecule has 2 N–H and O–H groups in total. The van der Waals surface area contributed by atoms with Crippen molar-refractivity contribution in [1.82, 2.24) is 0 Å². The van der Waals surface area contributed by atoms with Gasteiger partial charge in [0.25, 0.3) is 0 Å². The summed E-state index contributed by atoms with van der Waals surface area (Å²) in [5, 5.41) is 19.7. The maximum Gasteiger partial charge on any atom is 0.119 e. The number of aliphatic hydroxyl groups is 2. The summed E-state index contributed by atoms with van der Waals surface area (Å²) in [6.45, 7) is 4.47. The molecule has 190 valence electrons. The van der Waals surface area contributed by atoms with Gasteiger partial charge in [-0.15, -0.1) is 0 Å². The van der Waals surface area contributed by atoms with Crippen molar-refractivity contribution < 1.29 is 19.7 Å². The average molecular weight is 495 g/mol. The van der Waals surface area contributed by atoms with Gasteiger partial charge in [-0.2, -0.15) is 0 Å². The molecule has 1 aliphatic rings. The topological polar surface area (TPSA) is 58.9 Å². The summed E-state index contributed by atoms with van der Waals surface area (Å²) >= 11 is 0. The fourth-order valence-electron chi connectivity index (χ4n) is 4.85. The molecule has 0 aromatic heterocycles. The molecule has 2 unspecified atom stereocenters. The summed E-state index contributed by atoms with van der Waals surface area (Å²) in [6.07, 6.45) is 1.32. The van der Waals surface area contributed by atoms with Crippen LogP contribution < -0.4 is 9.47 Å². The molecule has 0 spiro atoms. The van der Waals surface area contributed by atoms with Crippen LogP contribution in [0.15, 0.2) is 84.9 Å². The number of fused-ring (bicyclic) bond motifs is 3. The van der Waals surface area contributed by atoms with Crippen molar-refractivity contribution in [3.63, 3.8) is 0 Å². The number of benzene rings is 4. The van der Waals surface area contributed by atoms with E-state index in [4.69, 9.17) is 9.47 Å². The maximum absolute atomic E-state index is 9.85. The van der Waals surface area contributed by atoms with E-state index < -0.39 is 12.2 Å². The second-order valence-corrected chi connectivity index (χ2v) is 9.64. The summed E-state index contributed by atoms with van der Waals surface area (Å²) in [6, 6.07) is 29.4. The number of rotatable bonds is 10. The molecule has 0 amide bonds. The van der Waals surface area contributed by atoms with E-state index in [0.717, 1.165) is 29.0 Å². The van der Waals surface area contributed by atoms with Crippen molar-refractivity contribution in [2.24, 2.45) is 0 Å². The fraction of sp³-hybridized carbons (Fsp3) is 0.273. The standard InChI is InChI=1S/C33H34O4/c1-3-25(34)20-36-27-13-9-22(10-14-27)30-17-18-31-29-8-6-5-7-24(29)19-32(31)33(30)23-11-15-28(16-12-23)37-21-26(35)4-2/h5-18,25-26,34-35H,3-4,19-21H2,1-2H3. The van der Waals surface area contributed by atoms with Crippen LogP contribution >= 0.6 is 0 Å². The smallest absolute Gasteiger partial charge is 0.119 e. The van der Waals surface area contributed by atoms with E-state index in [1.807, 2.05) is 38.1 Å². The van der Waals surface area contributed by atoms with E-state index in [1.165, 1.54) is 33.4 Å². The predicted molar refractivity (Wildman–Crippen MR) is 149 cm³/mol. The molecule has 0 radical (unpaired) electrons. The van der Waals surface area contributed by atoms with Crippen LogP contribution in [-0.2, 0) is 6.42 Å². The third-order valence-corrected chi connectivity index (χ3v) is 7.12. The van der Waals surface area contributed by atoms with Crippen LogP contribution in [0.5, 0.6) is 11.5 Å². The normalized spacial score (nSPS) is 13.5. The quantitative estimate of drug-likeness (QED) is 0.222. The van der Waals surface area contributed by atoms with Crippen LogP contribution in [0, 0.1) is 0 Å². The molecule has 0 heterocycles. The molecule has 1 aliphatic carbocycles. The molecule has 37 heavy (non-hydrogen) atoms. The molecule has 0 aliphatic heterocycles. The third kappa shape index (κ3) is 5.41. The number of hydrogen-bond donors (Lipinski definition) is 2. The van der Waals surface area contributed by atoms with Crippen molar-refractivity contribution in [1.29, 1.82) is 0 Å². The minimum atomic E-state index is -0.459. The zero-order valence-electron chi connectivity index (χ0n) is 21.5. The third-order valence-electron chi connectivity index (χ3n) is 7.12. The van der Waals surface area contributed by atoms with E-state index in [1.54, 1.807) is 0 Å². The first kappa shape index (κ1) is 25.1. The zero-order valence-corrected chi connectivity index (χ0v) is 21.5. The first-order valence-electron chi connectivity index (χ1n) is 13.1. The molecule has 4 aromatic carbocycles. The number of hydrogen-bond acceptors (Lipinski definition) is 4. The first-order chi connectivity index (χ1) is 18.1. The fourth-order valence-corrected chi connectivity index (χ4v) is 4.85. The molecular weight excluding hydrogens is 460 g/mol. The van der Waals surface area contributed by atoms with Crippen LogP contribution in [0.4, 0.5) is 0 Å². The van der Waals surface area contributed by atoms with E-state index in [2.05, 4.69) is 60.7 Å². The van der Waals surface area contributed by atoms with Crippen LogP contribution in [0.1, 0.15) is 37.8 Å². The van der Waals surface area contributed by atoms with Gasteiger partial charge in [-0.1, -0.05) is 74.5 Å². The highest BCUT2D eigenvalue weighted by molar-refractivity contribution is 5.93. The van der Waals surface area contributed by atoms with Crippen molar-refractivity contribution in [2.75, 3.05) is 13.2 Å². The molecular formula is C33H34O4. The van der Waals surface area contributed by atoms with Crippen LogP contribution in [0.3, 0.4) is 0 Å². The van der Waals surface area contributed by atoms with Gasteiger partial charge in [0.1, 0.15) is 24.7 Å². The molecule has 4 heteroatoms. The Morgan fingerprint density at radius 1 is 0.622 bits per heavy atom. The van der Waals surface area contributed by atoms with Gasteiger partial charge in [-0.3, -0.25) is 0 Å². The van der Waals surface area contributed by atoms with Gasteiger partial charge in [0, 0.05) is 0 Å². The second-order valence-electron chi connectivity index (χ2n) is 9.64. The lowest BCUT2D eigenvalue weighted by Gasteiger charge is -2.17. The van der Waals surface area contributed by atoms with Crippen LogP contribution in [0.25, 0.3) is 33.4 Å². The highest BCUT2D eigenvalue weighted by atomic mass is 16.5. The van der Waals surface area contributed by atoms with Gasteiger partial charge in [-0.05, 0) is 88.0 Å². The minimum absolute atomic E-state index is 0.293. The molecule has 4 aromatic rings. The predicted octanol–water partition coefficient (Wildman–Crippen LogP) is 6.89. The average Bonchev–Trinajstić information content (AvgIpc) is 3.33. The van der Waals surface area contributed by atoms with Gasteiger partial charge in [0.2, 0.25) is 0 Å². The highest BCUT2D eigenvalue weighted by Crippen LogP contribution is 2.46. The maximum atomic E-state index is 9.85. The summed E-state index contributed by atoms with van der Waals surface area (Å²) in [4.78, 5) is 0. The molecule has 0 fully saturated rings. The Kier molecular flexibility index (Phi) is 7.59. The lowest BCUT2D eigenvalue weighted by molar-refractivity contribution is 0.104. The largest absolute Gasteiger partial charge is 0.491 e. The summed E-state index contributed by atoms with van der Waals surface area (Å²) in [7, 11) is 0. The van der Waals surface area contributed by atoms with Gasteiger partial charge < -0.3 is 19.7 Å². The molecule has 4 nitrogen and oxygen atoms in total. The Balaban J connectivity index is 1.51. The first-order valence-corrected chi connectivity index (χ1v) is 13.1. The van der Waals surface area contributed by atoms with E-state index in [-0.39, 0.29) is 0 Å². The monoisotopic (exact) mass is 494 g/mol. The van der Waals surface area contributed by atoms with Gasteiger partial charge >= 0.3 is 0 Å². The highest BCUT2D eigenvalue weighted by Gasteiger charge is 2.24. The van der Waals surface area contributed by atoms with Crippen molar-refractivity contribution in [3.05, 3.63) is 96.1 Å². The van der Waals surface area contributed by atoms with E-state index in [0.29, 0.717) is 26.1 Å². The second kappa shape index (κ2) is 11.2.